The molecule has 0 bridgehead atoms. The molecule has 0 spiro atoms. The van der Waals surface area contributed by atoms with Crippen molar-refractivity contribution in [3.8, 4) is 0 Å². The number of rotatable bonds is 7. The van der Waals surface area contributed by atoms with E-state index >= 15 is 0 Å². The van der Waals surface area contributed by atoms with Crippen molar-refractivity contribution in [2.75, 3.05) is 24.5 Å². The fourth-order valence-corrected chi connectivity index (χ4v) is 4.89. The summed E-state index contributed by atoms with van der Waals surface area (Å²) in [6.45, 7) is 2.81. The summed E-state index contributed by atoms with van der Waals surface area (Å²) in [5, 5.41) is 4.61. The summed E-state index contributed by atoms with van der Waals surface area (Å²) >= 11 is 0. The SMILES string of the molecule is O=C(CCCN1C(=O)c2cccc3cccc(c23)C1=O)NCc1ccccc1N1CCCC1. The van der Waals surface area contributed by atoms with Crippen molar-refractivity contribution < 1.29 is 14.4 Å². The highest BCUT2D eigenvalue weighted by Gasteiger charge is 2.32. The summed E-state index contributed by atoms with van der Waals surface area (Å²) < 4.78 is 0. The molecule has 3 amide bonds. The molecule has 3 aromatic rings. The Kier molecular flexibility index (Phi) is 5.82. The molecule has 0 aliphatic carbocycles. The van der Waals surface area contributed by atoms with Gasteiger partial charge in [-0.2, -0.15) is 0 Å². The highest BCUT2D eigenvalue weighted by Crippen LogP contribution is 2.30. The molecule has 168 valence electrons. The smallest absolute Gasteiger partial charge is 0.261 e. The van der Waals surface area contributed by atoms with Crippen molar-refractivity contribution in [2.24, 2.45) is 0 Å². The van der Waals surface area contributed by atoms with Crippen LogP contribution in [-0.4, -0.2) is 42.3 Å². The topological polar surface area (TPSA) is 69.7 Å². The van der Waals surface area contributed by atoms with E-state index in [0.717, 1.165) is 29.4 Å². The summed E-state index contributed by atoms with van der Waals surface area (Å²) in [6.07, 6.45) is 3.09. The van der Waals surface area contributed by atoms with Crippen LogP contribution in [0.15, 0.2) is 60.7 Å². The molecule has 1 saturated heterocycles. The number of carbonyl (C=O) groups excluding carboxylic acids is 3. The molecule has 33 heavy (non-hydrogen) atoms. The van der Waals surface area contributed by atoms with E-state index in [1.54, 1.807) is 12.1 Å². The molecule has 3 aromatic carbocycles. The van der Waals surface area contributed by atoms with E-state index in [-0.39, 0.29) is 30.7 Å². The highest BCUT2D eigenvalue weighted by molar-refractivity contribution is 6.25. The van der Waals surface area contributed by atoms with Gasteiger partial charge in [0.05, 0.1) is 0 Å². The van der Waals surface area contributed by atoms with Crippen LogP contribution in [-0.2, 0) is 11.3 Å². The van der Waals surface area contributed by atoms with Crippen molar-refractivity contribution in [2.45, 2.75) is 32.2 Å². The molecule has 5 rings (SSSR count). The Balaban J connectivity index is 1.18. The summed E-state index contributed by atoms with van der Waals surface area (Å²) in [6, 6.07) is 19.2. The largest absolute Gasteiger partial charge is 0.371 e. The molecule has 0 unspecified atom stereocenters. The molecular formula is C27H27N3O3. The van der Waals surface area contributed by atoms with E-state index in [1.807, 2.05) is 36.4 Å². The number of hydrogen-bond donors (Lipinski definition) is 1. The van der Waals surface area contributed by atoms with E-state index in [0.29, 0.717) is 24.1 Å². The van der Waals surface area contributed by atoms with Gasteiger partial charge in [0.15, 0.2) is 0 Å². The van der Waals surface area contributed by atoms with Crippen LogP contribution < -0.4 is 10.2 Å². The van der Waals surface area contributed by atoms with Crippen LogP contribution in [0, 0.1) is 0 Å². The summed E-state index contributed by atoms with van der Waals surface area (Å²) in [5.74, 6) is -0.654. The number of para-hydroxylation sites is 1. The van der Waals surface area contributed by atoms with Crippen LogP contribution in [0.4, 0.5) is 5.69 Å². The predicted octanol–water partition coefficient (Wildman–Crippen LogP) is 4.13. The average Bonchev–Trinajstić information content (AvgIpc) is 3.38. The maximum atomic E-state index is 13.0. The van der Waals surface area contributed by atoms with Crippen LogP contribution in [0.25, 0.3) is 10.8 Å². The van der Waals surface area contributed by atoms with Crippen molar-refractivity contribution in [3.05, 3.63) is 77.4 Å². The van der Waals surface area contributed by atoms with Crippen molar-refractivity contribution in [1.82, 2.24) is 10.2 Å². The van der Waals surface area contributed by atoms with Gasteiger partial charge in [-0.1, -0.05) is 42.5 Å². The fourth-order valence-electron chi connectivity index (χ4n) is 4.89. The van der Waals surface area contributed by atoms with E-state index in [2.05, 4.69) is 22.3 Å². The molecule has 2 aliphatic heterocycles. The van der Waals surface area contributed by atoms with Gasteiger partial charge in [0.25, 0.3) is 11.8 Å². The molecule has 2 heterocycles. The Morgan fingerprint density at radius 1 is 0.848 bits per heavy atom. The molecule has 1 N–H and O–H groups in total. The lowest BCUT2D eigenvalue weighted by Gasteiger charge is -2.27. The lowest BCUT2D eigenvalue weighted by molar-refractivity contribution is -0.121. The number of carbonyl (C=O) groups is 3. The van der Waals surface area contributed by atoms with Gasteiger partial charge in [-0.15, -0.1) is 0 Å². The molecule has 0 saturated carbocycles. The Hall–Kier alpha value is -3.67. The van der Waals surface area contributed by atoms with Gasteiger partial charge in [0.2, 0.25) is 5.91 Å². The first-order valence-electron chi connectivity index (χ1n) is 11.6. The molecule has 0 radical (unpaired) electrons. The first-order chi connectivity index (χ1) is 16.1. The van der Waals surface area contributed by atoms with Crippen molar-refractivity contribution in [1.29, 1.82) is 0 Å². The Bertz CT molecular complexity index is 1180. The maximum Gasteiger partial charge on any atom is 0.261 e. The van der Waals surface area contributed by atoms with Gasteiger partial charge in [0, 0.05) is 54.8 Å². The third-order valence-corrected chi connectivity index (χ3v) is 6.56. The zero-order chi connectivity index (χ0) is 22.8. The van der Waals surface area contributed by atoms with Gasteiger partial charge >= 0.3 is 0 Å². The summed E-state index contributed by atoms with van der Waals surface area (Å²) in [7, 11) is 0. The van der Waals surface area contributed by atoms with E-state index in [4.69, 9.17) is 0 Å². The van der Waals surface area contributed by atoms with Crippen molar-refractivity contribution in [3.63, 3.8) is 0 Å². The van der Waals surface area contributed by atoms with Crippen molar-refractivity contribution >= 4 is 34.2 Å². The number of hydrogen-bond acceptors (Lipinski definition) is 4. The fraction of sp³-hybridized carbons (Fsp3) is 0.296. The van der Waals surface area contributed by atoms with E-state index < -0.39 is 0 Å². The first kappa shape index (κ1) is 21.2. The van der Waals surface area contributed by atoms with Crippen LogP contribution >= 0.6 is 0 Å². The molecule has 0 atom stereocenters. The molecule has 2 aliphatic rings. The third-order valence-electron chi connectivity index (χ3n) is 6.56. The highest BCUT2D eigenvalue weighted by atomic mass is 16.2. The molecule has 1 fully saturated rings. The zero-order valence-electron chi connectivity index (χ0n) is 18.5. The second-order valence-electron chi connectivity index (χ2n) is 8.67. The number of imide groups is 1. The minimum atomic E-state index is -0.288. The quantitative estimate of drug-likeness (QED) is 0.560. The summed E-state index contributed by atoms with van der Waals surface area (Å²) in [4.78, 5) is 42.1. The van der Waals surface area contributed by atoms with Crippen LogP contribution in [0.2, 0.25) is 0 Å². The Labute approximate surface area is 193 Å². The maximum absolute atomic E-state index is 13.0. The average molecular weight is 442 g/mol. The number of nitrogens with zero attached hydrogens (tertiary/aromatic N) is 2. The van der Waals surface area contributed by atoms with Gasteiger partial charge < -0.3 is 10.2 Å². The van der Waals surface area contributed by atoms with E-state index in [9.17, 15) is 14.4 Å². The van der Waals surface area contributed by atoms with Gasteiger partial charge in [-0.25, -0.2) is 0 Å². The molecular weight excluding hydrogens is 414 g/mol. The number of amides is 3. The summed E-state index contributed by atoms with van der Waals surface area (Å²) in [5.41, 5.74) is 3.39. The minimum Gasteiger partial charge on any atom is -0.371 e. The van der Waals surface area contributed by atoms with Gasteiger partial charge in [0.1, 0.15) is 0 Å². The second-order valence-corrected chi connectivity index (χ2v) is 8.67. The van der Waals surface area contributed by atoms with Gasteiger partial charge in [-0.05, 0) is 48.4 Å². The third kappa shape index (κ3) is 4.09. The van der Waals surface area contributed by atoms with E-state index in [1.165, 1.54) is 23.4 Å². The standard InChI is InChI=1S/C27H27N3O3/c31-24(28-18-20-8-1-2-13-23(20)29-15-3-4-16-29)14-7-17-30-26(32)21-11-5-9-19-10-6-12-22(25(19)21)27(30)33/h1-2,5-6,8-13H,3-4,7,14-18H2,(H,28,31). The normalized spacial score (nSPS) is 15.4. The number of nitrogens with one attached hydrogen (secondary N) is 1. The Morgan fingerprint density at radius 3 is 2.21 bits per heavy atom. The van der Waals surface area contributed by atoms with Crippen LogP contribution in [0.1, 0.15) is 52.0 Å². The molecule has 6 heteroatoms. The number of anilines is 1. The predicted molar refractivity (Wildman–Crippen MR) is 128 cm³/mol. The van der Waals surface area contributed by atoms with Crippen LogP contribution in [0.3, 0.4) is 0 Å². The Morgan fingerprint density at radius 2 is 1.52 bits per heavy atom. The lowest BCUT2D eigenvalue weighted by Crippen LogP contribution is -2.41. The minimum absolute atomic E-state index is 0.0781. The zero-order valence-corrected chi connectivity index (χ0v) is 18.5. The molecule has 6 nitrogen and oxygen atoms in total. The number of benzene rings is 3. The monoisotopic (exact) mass is 441 g/mol. The van der Waals surface area contributed by atoms with Crippen LogP contribution in [0.5, 0.6) is 0 Å². The first-order valence-corrected chi connectivity index (χ1v) is 11.6. The lowest BCUT2D eigenvalue weighted by atomic mass is 9.94. The van der Waals surface area contributed by atoms with Gasteiger partial charge in [-0.3, -0.25) is 19.3 Å². The molecule has 0 aromatic heterocycles. The second kappa shape index (κ2) is 9.06.